The lowest BCUT2D eigenvalue weighted by Crippen LogP contribution is -2.39. The molecule has 1 fully saturated rings. The molecule has 0 radical (unpaired) electrons. The molecule has 1 aromatic rings. The number of benzene rings is 1. The first kappa shape index (κ1) is 13.8. The Balaban J connectivity index is 1.90. The maximum Gasteiger partial charge on any atom is 0.255 e. The lowest BCUT2D eigenvalue weighted by Gasteiger charge is -2.29. The van der Waals surface area contributed by atoms with E-state index in [1.54, 1.807) is 0 Å². The molecule has 1 amide bonds. The third-order valence-corrected chi connectivity index (χ3v) is 3.48. The van der Waals surface area contributed by atoms with E-state index in [9.17, 15) is 14.3 Å². The summed E-state index contributed by atoms with van der Waals surface area (Å²) in [6, 6.07) is 3.42. The van der Waals surface area contributed by atoms with Gasteiger partial charge in [0.2, 0.25) is 0 Å². The van der Waals surface area contributed by atoms with E-state index < -0.39 is 5.82 Å². The summed E-state index contributed by atoms with van der Waals surface area (Å²) >= 11 is 0. The van der Waals surface area contributed by atoms with Crippen LogP contribution in [0.3, 0.4) is 0 Å². The second kappa shape index (κ2) is 6.02. The van der Waals surface area contributed by atoms with Gasteiger partial charge >= 0.3 is 0 Å². The number of rotatable bonds is 3. The number of aromatic hydroxyl groups is 1. The van der Waals surface area contributed by atoms with Crippen LogP contribution < -0.4 is 5.32 Å². The van der Waals surface area contributed by atoms with Gasteiger partial charge in [-0.05, 0) is 44.5 Å². The van der Waals surface area contributed by atoms with Crippen LogP contribution in [0.1, 0.15) is 23.2 Å². The van der Waals surface area contributed by atoms with Crippen LogP contribution in [0.4, 0.5) is 4.39 Å². The zero-order chi connectivity index (χ0) is 13.8. The molecule has 0 bridgehead atoms. The van der Waals surface area contributed by atoms with Gasteiger partial charge in [-0.1, -0.05) is 0 Å². The number of hydrogen-bond donors (Lipinski definition) is 2. The van der Waals surface area contributed by atoms with Gasteiger partial charge in [-0.25, -0.2) is 4.39 Å². The van der Waals surface area contributed by atoms with E-state index in [1.807, 2.05) is 0 Å². The van der Waals surface area contributed by atoms with Gasteiger partial charge in [0.25, 0.3) is 5.91 Å². The van der Waals surface area contributed by atoms with Crippen LogP contribution in [0.25, 0.3) is 0 Å². The fraction of sp³-hybridized carbons (Fsp3) is 0.500. The van der Waals surface area contributed by atoms with Crippen molar-refractivity contribution in [1.29, 1.82) is 0 Å². The zero-order valence-electron chi connectivity index (χ0n) is 11.0. The summed E-state index contributed by atoms with van der Waals surface area (Å²) in [6.07, 6.45) is 2.23. The predicted molar refractivity (Wildman–Crippen MR) is 70.6 cm³/mol. The number of phenolic OH excluding ortho intramolecular Hbond substituents is 1. The molecule has 2 rings (SSSR count). The largest absolute Gasteiger partial charge is 0.507 e. The number of hydrogen-bond acceptors (Lipinski definition) is 3. The number of carbonyl (C=O) groups excluding carboxylic acids is 1. The molecule has 1 unspecified atom stereocenters. The van der Waals surface area contributed by atoms with Crippen LogP contribution in [0.15, 0.2) is 18.2 Å². The minimum atomic E-state index is -0.553. The first-order valence-electron chi connectivity index (χ1n) is 6.51. The van der Waals surface area contributed by atoms with Gasteiger partial charge in [0.1, 0.15) is 11.6 Å². The molecule has 0 aliphatic carbocycles. The summed E-state index contributed by atoms with van der Waals surface area (Å²) in [5.41, 5.74) is 0.116. The molecule has 4 nitrogen and oxygen atoms in total. The molecular weight excluding hydrogens is 247 g/mol. The maximum atomic E-state index is 12.8. The normalized spacial score (nSPS) is 20.2. The molecule has 2 N–H and O–H groups in total. The van der Waals surface area contributed by atoms with Crippen LogP contribution in [0.2, 0.25) is 0 Å². The van der Waals surface area contributed by atoms with E-state index in [1.165, 1.54) is 12.1 Å². The van der Waals surface area contributed by atoms with Crippen LogP contribution in [0, 0.1) is 11.7 Å². The molecule has 0 saturated carbocycles. The Morgan fingerprint density at radius 2 is 2.37 bits per heavy atom. The van der Waals surface area contributed by atoms with Gasteiger partial charge in [-0.15, -0.1) is 0 Å². The number of likely N-dealkylation sites (tertiary alicyclic amines) is 1. The summed E-state index contributed by atoms with van der Waals surface area (Å²) in [7, 11) is 2.07. The number of phenols is 1. The average Bonchev–Trinajstić information content (AvgIpc) is 2.36. The SMILES string of the molecule is CN1CCCC(CNC(=O)c2ccc(F)cc2O)C1. The molecule has 1 aromatic carbocycles. The zero-order valence-corrected chi connectivity index (χ0v) is 11.0. The number of halogens is 1. The number of nitrogens with zero attached hydrogens (tertiary/aromatic N) is 1. The molecule has 1 aliphatic rings. The molecule has 1 aliphatic heterocycles. The van der Waals surface area contributed by atoms with Crippen molar-refractivity contribution < 1.29 is 14.3 Å². The van der Waals surface area contributed by atoms with Crippen LogP contribution >= 0.6 is 0 Å². The molecule has 0 aromatic heterocycles. The summed E-state index contributed by atoms with van der Waals surface area (Å²) in [5, 5.41) is 12.3. The van der Waals surface area contributed by atoms with E-state index in [2.05, 4.69) is 17.3 Å². The molecule has 0 spiro atoms. The highest BCUT2D eigenvalue weighted by Gasteiger charge is 2.19. The van der Waals surface area contributed by atoms with Crippen molar-refractivity contribution in [3.05, 3.63) is 29.6 Å². The first-order valence-corrected chi connectivity index (χ1v) is 6.51. The third-order valence-electron chi connectivity index (χ3n) is 3.48. The van der Waals surface area contributed by atoms with Gasteiger partial charge in [0.15, 0.2) is 0 Å². The number of nitrogens with one attached hydrogen (secondary N) is 1. The molecular formula is C14H19FN2O2. The van der Waals surface area contributed by atoms with Crippen molar-refractivity contribution in [1.82, 2.24) is 10.2 Å². The summed E-state index contributed by atoms with van der Waals surface area (Å²) < 4.78 is 12.8. The second-order valence-corrected chi connectivity index (χ2v) is 5.14. The lowest BCUT2D eigenvalue weighted by molar-refractivity contribution is 0.0934. The second-order valence-electron chi connectivity index (χ2n) is 5.14. The third kappa shape index (κ3) is 3.67. The van der Waals surface area contributed by atoms with E-state index in [0.717, 1.165) is 32.0 Å². The monoisotopic (exact) mass is 266 g/mol. The highest BCUT2D eigenvalue weighted by atomic mass is 19.1. The minimum absolute atomic E-state index is 0.116. The lowest BCUT2D eigenvalue weighted by atomic mass is 9.98. The molecule has 19 heavy (non-hydrogen) atoms. The first-order chi connectivity index (χ1) is 9.06. The Kier molecular flexibility index (Phi) is 4.37. The Hall–Kier alpha value is -1.62. The molecule has 1 heterocycles. The number of piperidine rings is 1. The van der Waals surface area contributed by atoms with Crippen LogP contribution in [0.5, 0.6) is 5.75 Å². The van der Waals surface area contributed by atoms with E-state index in [-0.39, 0.29) is 17.2 Å². The van der Waals surface area contributed by atoms with Crippen LogP contribution in [-0.4, -0.2) is 42.6 Å². The summed E-state index contributed by atoms with van der Waals surface area (Å²) in [6.45, 7) is 2.65. The number of carbonyl (C=O) groups is 1. The maximum absolute atomic E-state index is 12.8. The van der Waals surface area contributed by atoms with Crippen molar-refractivity contribution in [2.24, 2.45) is 5.92 Å². The van der Waals surface area contributed by atoms with Gasteiger partial charge in [-0.3, -0.25) is 4.79 Å². The van der Waals surface area contributed by atoms with Gasteiger partial charge in [0, 0.05) is 19.2 Å². The van der Waals surface area contributed by atoms with Crippen LogP contribution in [-0.2, 0) is 0 Å². The summed E-state index contributed by atoms with van der Waals surface area (Å²) in [5.74, 6) is -0.794. The van der Waals surface area contributed by atoms with E-state index in [0.29, 0.717) is 12.5 Å². The van der Waals surface area contributed by atoms with Crippen molar-refractivity contribution in [2.75, 3.05) is 26.7 Å². The topological polar surface area (TPSA) is 52.6 Å². The Morgan fingerprint density at radius 1 is 1.58 bits per heavy atom. The molecule has 1 saturated heterocycles. The van der Waals surface area contributed by atoms with E-state index in [4.69, 9.17) is 0 Å². The molecule has 104 valence electrons. The highest BCUT2D eigenvalue weighted by molar-refractivity contribution is 5.96. The van der Waals surface area contributed by atoms with Gasteiger partial charge in [0.05, 0.1) is 5.56 Å². The fourth-order valence-corrected chi connectivity index (χ4v) is 2.47. The fourth-order valence-electron chi connectivity index (χ4n) is 2.47. The number of amides is 1. The van der Waals surface area contributed by atoms with Gasteiger partial charge < -0.3 is 15.3 Å². The van der Waals surface area contributed by atoms with Crippen molar-refractivity contribution in [3.63, 3.8) is 0 Å². The average molecular weight is 266 g/mol. The van der Waals surface area contributed by atoms with Crippen molar-refractivity contribution in [2.45, 2.75) is 12.8 Å². The molecule has 5 heteroatoms. The highest BCUT2D eigenvalue weighted by Crippen LogP contribution is 2.18. The Morgan fingerprint density at radius 3 is 3.05 bits per heavy atom. The minimum Gasteiger partial charge on any atom is -0.507 e. The summed E-state index contributed by atoms with van der Waals surface area (Å²) in [4.78, 5) is 14.1. The standard InChI is InChI=1S/C14H19FN2O2/c1-17-6-2-3-10(9-17)8-16-14(19)12-5-4-11(15)7-13(12)18/h4-5,7,10,18H,2-3,6,8-9H2,1H3,(H,16,19). The van der Waals surface area contributed by atoms with E-state index >= 15 is 0 Å². The predicted octanol–water partition coefficient (Wildman–Crippen LogP) is 1.60. The van der Waals surface area contributed by atoms with Gasteiger partial charge in [-0.2, -0.15) is 0 Å². The van der Waals surface area contributed by atoms with Crippen molar-refractivity contribution in [3.8, 4) is 5.75 Å². The molecule has 1 atom stereocenters. The smallest absolute Gasteiger partial charge is 0.255 e. The Bertz CT molecular complexity index is 465. The Labute approximate surface area is 112 Å². The van der Waals surface area contributed by atoms with Crippen molar-refractivity contribution >= 4 is 5.91 Å². The quantitative estimate of drug-likeness (QED) is 0.874.